The summed E-state index contributed by atoms with van der Waals surface area (Å²) in [5.41, 5.74) is 3.24. The molecule has 1 atom stereocenters. The largest absolute Gasteiger partial charge is 0.507 e. The van der Waals surface area contributed by atoms with Crippen LogP contribution in [0.15, 0.2) is 78.6 Å². The summed E-state index contributed by atoms with van der Waals surface area (Å²) in [7, 11) is 1.53. The summed E-state index contributed by atoms with van der Waals surface area (Å²) in [6.45, 7) is 4.43. The molecule has 0 bridgehead atoms. The number of ketones is 1. The maximum atomic E-state index is 13.2. The lowest BCUT2D eigenvalue weighted by Gasteiger charge is -2.25. The minimum Gasteiger partial charge on any atom is -0.507 e. The topological polar surface area (TPSA) is 79.7 Å². The number of aliphatic hydroxyl groups is 1. The molecule has 0 saturated carbocycles. The molecule has 0 spiro atoms. The van der Waals surface area contributed by atoms with Gasteiger partial charge in [0.25, 0.3) is 11.7 Å². The zero-order valence-corrected chi connectivity index (χ0v) is 18.9. The van der Waals surface area contributed by atoms with Crippen LogP contribution in [0.5, 0.6) is 5.75 Å². The van der Waals surface area contributed by atoms with Crippen molar-refractivity contribution in [2.45, 2.75) is 32.4 Å². The van der Waals surface area contributed by atoms with Crippen LogP contribution < -0.4 is 4.74 Å². The lowest BCUT2D eigenvalue weighted by molar-refractivity contribution is -0.140. The van der Waals surface area contributed by atoms with Gasteiger partial charge in [-0.3, -0.25) is 14.6 Å². The number of carbonyl (C=O) groups is 2. The number of carbonyl (C=O) groups excluding carboxylic acids is 2. The van der Waals surface area contributed by atoms with E-state index in [1.807, 2.05) is 24.3 Å². The van der Waals surface area contributed by atoms with Crippen molar-refractivity contribution in [2.75, 3.05) is 7.11 Å². The molecular weight excluding hydrogens is 416 g/mol. The van der Waals surface area contributed by atoms with E-state index in [-0.39, 0.29) is 17.9 Å². The highest BCUT2D eigenvalue weighted by Crippen LogP contribution is 2.40. The average molecular weight is 443 g/mol. The zero-order valence-electron chi connectivity index (χ0n) is 18.9. The Hall–Kier alpha value is -3.93. The fourth-order valence-electron chi connectivity index (χ4n) is 4.06. The van der Waals surface area contributed by atoms with Crippen LogP contribution in [0, 0.1) is 0 Å². The second-order valence-electron chi connectivity index (χ2n) is 8.34. The van der Waals surface area contributed by atoms with Crippen molar-refractivity contribution in [2.24, 2.45) is 0 Å². The summed E-state index contributed by atoms with van der Waals surface area (Å²) in [5.74, 6) is -0.680. The second kappa shape index (κ2) is 9.28. The van der Waals surface area contributed by atoms with Crippen LogP contribution in [0.3, 0.4) is 0 Å². The van der Waals surface area contributed by atoms with Crippen LogP contribution in [0.2, 0.25) is 0 Å². The molecular formula is C27H26N2O4. The standard InChI is InChI=1S/C27H26N2O4/c1-17(2)19-7-9-20(10-8-19)24-23(25(30)21-5-4-6-22(15-21)33-3)26(31)27(32)29(24)16-18-11-13-28-14-12-18/h4-15,17,24,30H,16H2,1-3H3/b25-23-. The molecule has 1 aromatic heterocycles. The summed E-state index contributed by atoms with van der Waals surface area (Å²) in [6, 6.07) is 17.5. The van der Waals surface area contributed by atoms with E-state index in [1.165, 1.54) is 12.0 Å². The summed E-state index contributed by atoms with van der Waals surface area (Å²) in [5, 5.41) is 11.2. The van der Waals surface area contributed by atoms with E-state index in [0.717, 1.165) is 16.7 Å². The number of hydrogen-bond acceptors (Lipinski definition) is 5. The molecule has 3 aromatic rings. The fraction of sp³-hybridized carbons (Fsp3) is 0.222. The minimum absolute atomic E-state index is 0.0691. The Morgan fingerprint density at radius 3 is 2.39 bits per heavy atom. The summed E-state index contributed by atoms with van der Waals surface area (Å²) >= 11 is 0. The first kappa shape index (κ1) is 22.3. The second-order valence-corrected chi connectivity index (χ2v) is 8.34. The van der Waals surface area contributed by atoms with E-state index >= 15 is 0 Å². The number of hydrogen-bond donors (Lipinski definition) is 1. The number of ether oxygens (including phenoxy) is 1. The number of benzene rings is 2. The average Bonchev–Trinajstić information content (AvgIpc) is 3.09. The van der Waals surface area contributed by atoms with Crippen molar-refractivity contribution in [3.63, 3.8) is 0 Å². The van der Waals surface area contributed by atoms with Crippen LogP contribution in [-0.2, 0) is 16.1 Å². The van der Waals surface area contributed by atoms with Crippen molar-refractivity contribution in [3.05, 3.63) is 101 Å². The molecule has 1 unspecified atom stereocenters. The van der Waals surface area contributed by atoms with Crippen molar-refractivity contribution in [3.8, 4) is 5.75 Å². The van der Waals surface area contributed by atoms with Crippen molar-refractivity contribution >= 4 is 17.4 Å². The lowest BCUT2D eigenvalue weighted by atomic mass is 9.93. The third-order valence-corrected chi connectivity index (χ3v) is 5.90. The van der Waals surface area contributed by atoms with Crippen LogP contribution >= 0.6 is 0 Å². The van der Waals surface area contributed by atoms with Crippen LogP contribution in [0.1, 0.15) is 48.1 Å². The van der Waals surface area contributed by atoms with Gasteiger partial charge in [-0.15, -0.1) is 0 Å². The number of pyridine rings is 1. The molecule has 4 rings (SSSR count). The van der Waals surface area contributed by atoms with E-state index in [1.54, 1.807) is 48.8 Å². The molecule has 168 valence electrons. The van der Waals surface area contributed by atoms with E-state index in [0.29, 0.717) is 17.2 Å². The Kier molecular flexibility index (Phi) is 6.27. The molecule has 6 nitrogen and oxygen atoms in total. The first-order chi connectivity index (χ1) is 15.9. The van der Waals surface area contributed by atoms with E-state index < -0.39 is 17.7 Å². The smallest absolute Gasteiger partial charge is 0.295 e. The van der Waals surface area contributed by atoms with Gasteiger partial charge in [-0.05, 0) is 46.9 Å². The first-order valence-electron chi connectivity index (χ1n) is 10.8. The third-order valence-electron chi connectivity index (χ3n) is 5.90. The molecule has 33 heavy (non-hydrogen) atoms. The Morgan fingerprint density at radius 1 is 1.06 bits per heavy atom. The number of rotatable bonds is 6. The summed E-state index contributed by atoms with van der Waals surface area (Å²) in [4.78, 5) is 31.8. The number of methoxy groups -OCH3 is 1. The van der Waals surface area contributed by atoms with Gasteiger partial charge in [0.05, 0.1) is 18.7 Å². The Balaban J connectivity index is 1.85. The number of likely N-dealkylation sites (tertiary alicyclic amines) is 1. The number of amides is 1. The molecule has 2 aromatic carbocycles. The Labute approximate surface area is 193 Å². The highest BCUT2D eigenvalue weighted by Gasteiger charge is 2.46. The maximum absolute atomic E-state index is 13.2. The van der Waals surface area contributed by atoms with Gasteiger partial charge in [0.2, 0.25) is 0 Å². The van der Waals surface area contributed by atoms with Crippen molar-refractivity contribution in [1.82, 2.24) is 9.88 Å². The maximum Gasteiger partial charge on any atom is 0.295 e. The van der Waals surface area contributed by atoms with Crippen LogP contribution in [0.25, 0.3) is 5.76 Å². The molecule has 1 aliphatic heterocycles. The molecule has 2 heterocycles. The molecule has 1 aliphatic rings. The number of aromatic nitrogens is 1. The fourth-order valence-corrected chi connectivity index (χ4v) is 4.06. The van der Waals surface area contributed by atoms with Gasteiger partial charge in [0, 0.05) is 24.5 Å². The number of nitrogens with zero attached hydrogens (tertiary/aromatic N) is 2. The minimum atomic E-state index is -0.717. The van der Waals surface area contributed by atoms with Crippen molar-refractivity contribution in [1.29, 1.82) is 0 Å². The SMILES string of the molecule is COc1cccc(/C(O)=C2/C(=O)C(=O)N(Cc3ccncc3)C2c2ccc(C(C)C)cc2)c1. The Bertz CT molecular complexity index is 1200. The lowest BCUT2D eigenvalue weighted by Crippen LogP contribution is -2.29. The van der Waals surface area contributed by atoms with Gasteiger partial charge >= 0.3 is 0 Å². The van der Waals surface area contributed by atoms with Gasteiger partial charge in [0.15, 0.2) is 0 Å². The number of aliphatic hydroxyl groups excluding tert-OH is 1. The molecule has 1 amide bonds. The molecule has 0 aliphatic carbocycles. The van der Waals surface area contributed by atoms with Gasteiger partial charge in [-0.1, -0.05) is 50.2 Å². The summed E-state index contributed by atoms with van der Waals surface area (Å²) in [6.07, 6.45) is 3.29. The predicted octanol–water partition coefficient (Wildman–Crippen LogP) is 4.84. The number of Topliss-reactive ketones (excluding diaryl/α,β-unsaturated/α-hetero) is 1. The van der Waals surface area contributed by atoms with Crippen LogP contribution in [0.4, 0.5) is 0 Å². The predicted molar refractivity (Wildman–Crippen MR) is 126 cm³/mol. The quantitative estimate of drug-likeness (QED) is 0.336. The van der Waals surface area contributed by atoms with E-state index in [2.05, 4.69) is 18.8 Å². The molecule has 1 saturated heterocycles. The van der Waals surface area contributed by atoms with Crippen LogP contribution in [-0.4, -0.2) is 33.8 Å². The van der Waals surface area contributed by atoms with Crippen molar-refractivity contribution < 1.29 is 19.4 Å². The monoisotopic (exact) mass is 442 g/mol. The first-order valence-corrected chi connectivity index (χ1v) is 10.8. The van der Waals surface area contributed by atoms with Gasteiger partial charge in [-0.2, -0.15) is 0 Å². The molecule has 1 N–H and O–H groups in total. The zero-order chi connectivity index (χ0) is 23.5. The Morgan fingerprint density at radius 2 is 1.76 bits per heavy atom. The summed E-state index contributed by atoms with van der Waals surface area (Å²) < 4.78 is 5.26. The van der Waals surface area contributed by atoms with Gasteiger partial charge in [-0.25, -0.2) is 0 Å². The molecule has 0 radical (unpaired) electrons. The van der Waals surface area contributed by atoms with Gasteiger partial charge < -0.3 is 14.7 Å². The van der Waals surface area contributed by atoms with E-state index in [4.69, 9.17) is 4.74 Å². The highest BCUT2D eigenvalue weighted by molar-refractivity contribution is 6.46. The normalized spacial score (nSPS) is 17.6. The highest BCUT2D eigenvalue weighted by atomic mass is 16.5. The van der Waals surface area contributed by atoms with E-state index in [9.17, 15) is 14.7 Å². The molecule has 6 heteroatoms. The third kappa shape index (κ3) is 4.37. The van der Waals surface area contributed by atoms with Gasteiger partial charge in [0.1, 0.15) is 11.5 Å². The molecule has 1 fully saturated rings.